The van der Waals surface area contributed by atoms with Crippen LogP contribution >= 0.6 is 23.2 Å². The molecule has 17 heavy (non-hydrogen) atoms. The van der Waals surface area contributed by atoms with E-state index in [0.717, 1.165) is 0 Å². The Bertz CT molecular complexity index is 314. The van der Waals surface area contributed by atoms with Crippen LogP contribution in [0.2, 0.25) is 10.0 Å². The zero-order valence-corrected chi connectivity index (χ0v) is 11.0. The summed E-state index contributed by atoms with van der Waals surface area (Å²) >= 11 is 11.6. The number of para-hydroxylation sites is 1. The molecule has 1 rings (SSSR count). The highest BCUT2D eigenvalue weighted by molar-refractivity contribution is 6.37. The van der Waals surface area contributed by atoms with Crippen LogP contribution in [0.4, 0.5) is 0 Å². The SMILES string of the molecule is CCOC=O.NCCOc1c(Cl)cccc1Cl. The minimum Gasteiger partial charge on any atom is -0.489 e. The lowest BCUT2D eigenvalue weighted by atomic mass is 10.3. The molecule has 2 N–H and O–H groups in total. The molecule has 0 atom stereocenters. The van der Waals surface area contributed by atoms with Crippen LogP contribution in [-0.4, -0.2) is 26.2 Å². The zero-order valence-electron chi connectivity index (χ0n) is 9.49. The number of nitrogens with two attached hydrogens (primary N) is 1. The van der Waals surface area contributed by atoms with Gasteiger partial charge in [0, 0.05) is 6.54 Å². The zero-order chi connectivity index (χ0) is 13.1. The van der Waals surface area contributed by atoms with Gasteiger partial charge in [0.1, 0.15) is 6.61 Å². The quantitative estimate of drug-likeness (QED) is 0.842. The molecule has 0 unspecified atom stereocenters. The van der Waals surface area contributed by atoms with Crippen molar-refractivity contribution in [2.75, 3.05) is 19.8 Å². The Morgan fingerprint density at radius 3 is 2.29 bits per heavy atom. The molecule has 0 heterocycles. The molecule has 6 heteroatoms. The van der Waals surface area contributed by atoms with Crippen molar-refractivity contribution in [2.24, 2.45) is 5.73 Å². The summed E-state index contributed by atoms with van der Waals surface area (Å²) in [4.78, 5) is 9.18. The van der Waals surface area contributed by atoms with Gasteiger partial charge in [-0.05, 0) is 19.1 Å². The van der Waals surface area contributed by atoms with Crippen LogP contribution in [0.5, 0.6) is 5.75 Å². The van der Waals surface area contributed by atoms with Gasteiger partial charge >= 0.3 is 0 Å². The lowest BCUT2D eigenvalue weighted by Crippen LogP contribution is -2.10. The highest BCUT2D eigenvalue weighted by Crippen LogP contribution is 2.31. The highest BCUT2D eigenvalue weighted by Gasteiger charge is 2.04. The molecule has 0 saturated carbocycles. The Balaban J connectivity index is 0.000000437. The number of hydrogen-bond acceptors (Lipinski definition) is 4. The Morgan fingerprint density at radius 2 is 1.94 bits per heavy atom. The predicted octanol–water partition coefficient (Wildman–Crippen LogP) is 2.51. The molecule has 0 aliphatic rings. The summed E-state index contributed by atoms with van der Waals surface area (Å²) in [6, 6.07) is 5.21. The van der Waals surface area contributed by atoms with Crippen LogP contribution in [0.3, 0.4) is 0 Å². The third-order valence-electron chi connectivity index (χ3n) is 1.52. The van der Waals surface area contributed by atoms with Crippen molar-refractivity contribution < 1.29 is 14.3 Å². The minimum atomic E-state index is 0.420. The number of carbonyl (C=O) groups is 1. The van der Waals surface area contributed by atoms with E-state index in [1.807, 2.05) is 0 Å². The fraction of sp³-hybridized carbons (Fsp3) is 0.364. The number of hydrogen-bond donors (Lipinski definition) is 1. The third kappa shape index (κ3) is 7.05. The Labute approximate surface area is 111 Å². The molecule has 0 radical (unpaired) electrons. The van der Waals surface area contributed by atoms with Crippen LogP contribution < -0.4 is 10.5 Å². The maximum atomic E-state index is 9.18. The molecule has 0 aliphatic carbocycles. The van der Waals surface area contributed by atoms with E-state index in [4.69, 9.17) is 33.7 Å². The average molecular weight is 280 g/mol. The second-order valence-corrected chi connectivity index (χ2v) is 3.55. The van der Waals surface area contributed by atoms with E-state index in [2.05, 4.69) is 4.74 Å². The van der Waals surface area contributed by atoms with Gasteiger partial charge in [-0.25, -0.2) is 0 Å². The summed E-state index contributed by atoms with van der Waals surface area (Å²) in [7, 11) is 0. The lowest BCUT2D eigenvalue weighted by Gasteiger charge is -2.07. The molecule has 0 aliphatic heterocycles. The van der Waals surface area contributed by atoms with Crippen LogP contribution in [0.25, 0.3) is 0 Å². The van der Waals surface area contributed by atoms with Gasteiger partial charge in [-0.2, -0.15) is 0 Å². The third-order valence-corrected chi connectivity index (χ3v) is 2.11. The van der Waals surface area contributed by atoms with E-state index >= 15 is 0 Å². The standard InChI is InChI=1S/C8H9Cl2NO.C3H6O2/c9-6-2-1-3-7(10)8(6)12-5-4-11;1-2-5-3-4/h1-3H,4-5,11H2;3H,2H2,1H3. The molecule has 0 amide bonds. The summed E-state index contributed by atoms with van der Waals surface area (Å²) in [6.07, 6.45) is 0. The van der Waals surface area contributed by atoms with Crippen LogP contribution in [0, 0.1) is 0 Å². The summed E-state index contributed by atoms with van der Waals surface area (Å²) in [5.74, 6) is 0.506. The number of rotatable bonds is 5. The van der Waals surface area contributed by atoms with Gasteiger partial charge in [-0.15, -0.1) is 0 Å². The first kappa shape index (κ1) is 16.0. The minimum absolute atomic E-state index is 0.420. The number of halogens is 2. The monoisotopic (exact) mass is 279 g/mol. The van der Waals surface area contributed by atoms with Crippen molar-refractivity contribution in [3.63, 3.8) is 0 Å². The maximum Gasteiger partial charge on any atom is 0.293 e. The van der Waals surface area contributed by atoms with Crippen molar-refractivity contribution in [2.45, 2.75) is 6.92 Å². The van der Waals surface area contributed by atoms with Gasteiger partial charge in [0.25, 0.3) is 6.47 Å². The first-order valence-corrected chi connectivity index (χ1v) is 5.75. The molecule has 96 valence electrons. The Morgan fingerprint density at radius 1 is 1.35 bits per heavy atom. The molecular weight excluding hydrogens is 265 g/mol. The number of ether oxygens (including phenoxy) is 2. The molecule has 0 fully saturated rings. The number of benzene rings is 1. The van der Waals surface area contributed by atoms with Crippen LogP contribution in [0.15, 0.2) is 18.2 Å². The van der Waals surface area contributed by atoms with E-state index < -0.39 is 0 Å². The summed E-state index contributed by atoms with van der Waals surface area (Å²) < 4.78 is 9.38. The molecular formula is C11H15Cl2NO3. The topological polar surface area (TPSA) is 61.5 Å². The molecule has 0 aromatic heterocycles. The van der Waals surface area contributed by atoms with Crippen molar-refractivity contribution in [3.8, 4) is 5.75 Å². The highest BCUT2D eigenvalue weighted by atomic mass is 35.5. The Hall–Kier alpha value is -0.970. The second-order valence-electron chi connectivity index (χ2n) is 2.74. The first-order chi connectivity index (χ1) is 8.17. The largest absolute Gasteiger partial charge is 0.489 e. The fourth-order valence-electron chi connectivity index (χ4n) is 0.849. The van der Waals surface area contributed by atoms with Gasteiger partial charge in [0.2, 0.25) is 0 Å². The fourth-order valence-corrected chi connectivity index (χ4v) is 1.36. The smallest absolute Gasteiger partial charge is 0.293 e. The van der Waals surface area contributed by atoms with E-state index in [1.165, 1.54) is 0 Å². The van der Waals surface area contributed by atoms with E-state index in [9.17, 15) is 4.79 Å². The molecule has 0 spiro atoms. The van der Waals surface area contributed by atoms with Crippen LogP contribution in [0.1, 0.15) is 6.92 Å². The molecule has 4 nitrogen and oxygen atoms in total. The molecule has 0 saturated heterocycles. The van der Waals surface area contributed by atoms with Gasteiger partial charge in [0.15, 0.2) is 5.75 Å². The van der Waals surface area contributed by atoms with E-state index in [1.54, 1.807) is 25.1 Å². The Kier molecular flexibility index (Phi) is 9.62. The average Bonchev–Trinajstić information content (AvgIpc) is 2.30. The van der Waals surface area contributed by atoms with Crippen molar-refractivity contribution >= 4 is 29.7 Å². The predicted molar refractivity (Wildman–Crippen MR) is 68.7 cm³/mol. The first-order valence-electron chi connectivity index (χ1n) is 4.99. The summed E-state index contributed by atoms with van der Waals surface area (Å²) in [5.41, 5.74) is 5.27. The molecule has 1 aromatic rings. The summed E-state index contributed by atoms with van der Waals surface area (Å²) in [6.45, 7) is 3.53. The molecule has 0 bridgehead atoms. The van der Waals surface area contributed by atoms with Crippen molar-refractivity contribution in [1.29, 1.82) is 0 Å². The number of carbonyl (C=O) groups excluding carboxylic acids is 1. The van der Waals surface area contributed by atoms with Crippen LogP contribution in [-0.2, 0) is 9.53 Å². The van der Waals surface area contributed by atoms with Gasteiger partial charge < -0.3 is 15.2 Å². The van der Waals surface area contributed by atoms with Gasteiger partial charge in [-0.3, -0.25) is 4.79 Å². The second kappa shape index (κ2) is 10.2. The molecule has 1 aromatic carbocycles. The van der Waals surface area contributed by atoms with E-state index in [-0.39, 0.29) is 0 Å². The lowest BCUT2D eigenvalue weighted by molar-refractivity contribution is -0.128. The van der Waals surface area contributed by atoms with Gasteiger partial charge in [-0.1, -0.05) is 29.3 Å². The maximum absolute atomic E-state index is 9.18. The van der Waals surface area contributed by atoms with Crippen molar-refractivity contribution in [1.82, 2.24) is 0 Å². The van der Waals surface area contributed by atoms with E-state index in [0.29, 0.717) is 42.0 Å². The normalized spacial score (nSPS) is 8.94. The van der Waals surface area contributed by atoms with Gasteiger partial charge in [0.05, 0.1) is 16.7 Å². The summed E-state index contributed by atoms with van der Waals surface area (Å²) in [5, 5.41) is 1.02. The van der Waals surface area contributed by atoms with Crippen molar-refractivity contribution in [3.05, 3.63) is 28.2 Å².